The van der Waals surface area contributed by atoms with E-state index < -0.39 is 92.7 Å². The van der Waals surface area contributed by atoms with E-state index in [1.165, 1.54) is 31.2 Å². The zero-order valence-corrected chi connectivity index (χ0v) is 35.5. The van der Waals surface area contributed by atoms with Crippen molar-refractivity contribution in [2.75, 3.05) is 0 Å². The van der Waals surface area contributed by atoms with Crippen molar-refractivity contribution in [2.45, 2.75) is 37.5 Å². The first-order valence-corrected chi connectivity index (χ1v) is 20.9. The summed E-state index contributed by atoms with van der Waals surface area (Å²) in [6.07, 6.45) is 0. The maximum atomic E-state index is 12.0. The van der Waals surface area contributed by atoms with Gasteiger partial charge in [0.25, 0.3) is 0 Å². The molecule has 8 rings (SSSR count). The normalized spacial score (nSPS) is 13.2. The van der Waals surface area contributed by atoms with Gasteiger partial charge >= 0.3 is 0 Å². The monoisotopic (exact) mass is 886 g/mol. The van der Waals surface area contributed by atoms with Crippen LogP contribution in [0.3, 0.4) is 0 Å². The largest absolute Gasteiger partial charge is 0.504 e. The predicted octanol–water partition coefficient (Wildman–Crippen LogP) is 10.2. The van der Waals surface area contributed by atoms with Crippen molar-refractivity contribution in [3.63, 3.8) is 0 Å². The van der Waals surface area contributed by atoms with Crippen LogP contribution in [0.5, 0.6) is 69.0 Å². The van der Waals surface area contributed by atoms with Gasteiger partial charge in [-0.3, -0.25) is 0 Å². The van der Waals surface area contributed by atoms with E-state index in [4.69, 9.17) is 0 Å². The van der Waals surface area contributed by atoms with Crippen molar-refractivity contribution in [1.82, 2.24) is 0 Å². The van der Waals surface area contributed by atoms with Gasteiger partial charge in [0.1, 0.15) is 0 Å². The topological polar surface area (TPSA) is 243 Å². The van der Waals surface area contributed by atoms with Gasteiger partial charge < -0.3 is 61.3 Å². The quantitative estimate of drug-likeness (QED) is 0.0429. The van der Waals surface area contributed by atoms with Crippen molar-refractivity contribution in [1.29, 1.82) is 0 Å². The minimum Gasteiger partial charge on any atom is -0.504 e. The Labute approximate surface area is 379 Å². The average Bonchev–Trinajstić information content (AvgIpc) is 3.34. The molecular weight excluding hydrogens is 841 g/mol. The summed E-state index contributed by atoms with van der Waals surface area (Å²) in [5.41, 5.74) is 1.95. The van der Waals surface area contributed by atoms with Crippen LogP contribution in [0, 0.1) is 6.92 Å². The molecule has 12 N–H and O–H groups in total. The zero-order valence-electron chi connectivity index (χ0n) is 35.5. The fourth-order valence-electron chi connectivity index (χ4n) is 8.96. The van der Waals surface area contributed by atoms with Crippen LogP contribution >= 0.6 is 0 Å². The van der Waals surface area contributed by atoms with Gasteiger partial charge in [0.05, 0.1) is 0 Å². The van der Waals surface area contributed by atoms with E-state index in [2.05, 4.69) is 0 Å². The summed E-state index contributed by atoms with van der Waals surface area (Å²) in [4.78, 5) is 0. The Morgan fingerprint density at radius 1 is 0.258 bits per heavy atom. The highest BCUT2D eigenvalue weighted by molar-refractivity contribution is 5.72. The number of hydrogen-bond acceptors (Lipinski definition) is 12. The van der Waals surface area contributed by atoms with Crippen molar-refractivity contribution in [2.24, 2.45) is 0 Å². The lowest BCUT2D eigenvalue weighted by Crippen LogP contribution is -2.11. The summed E-state index contributed by atoms with van der Waals surface area (Å²) in [6, 6.07) is 40.1. The first-order valence-electron chi connectivity index (χ1n) is 20.9. The van der Waals surface area contributed by atoms with E-state index >= 15 is 0 Å². The minimum atomic E-state index is -1.34. The van der Waals surface area contributed by atoms with Gasteiger partial charge in [-0.2, -0.15) is 0 Å². The smallest absolute Gasteiger partial charge is 0.200 e. The fourth-order valence-corrected chi connectivity index (χ4v) is 8.96. The molecule has 0 radical (unpaired) electrons. The van der Waals surface area contributed by atoms with Gasteiger partial charge in [-0.1, -0.05) is 128 Å². The van der Waals surface area contributed by atoms with Crippen molar-refractivity contribution in [3.05, 3.63) is 212 Å². The summed E-state index contributed by atoms with van der Waals surface area (Å²) in [5, 5.41) is 138. The molecule has 334 valence electrons. The Morgan fingerprint density at radius 3 is 0.788 bits per heavy atom. The lowest BCUT2D eigenvalue weighted by atomic mass is 9.76. The molecule has 12 nitrogen and oxygen atoms in total. The maximum absolute atomic E-state index is 12.0. The van der Waals surface area contributed by atoms with Crippen LogP contribution in [0.1, 0.15) is 97.4 Å². The average molecular weight is 887 g/mol. The van der Waals surface area contributed by atoms with Gasteiger partial charge in [-0.25, -0.2) is 0 Å². The summed E-state index contributed by atoms with van der Waals surface area (Å²) < 4.78 is 0. The summed E-state index contributed by atoms with van der Waals surface area (Å²) in [5.74, 6) is -13.8. The third-order valence-electron chi connectivity index (χ3n) is 12.4. The molecule has 0 aliphatic rings. The number of phenolic OH excluding ortho intramolecular Hbond substituents is 12. The first-order chi connectivity index (χ1) is 31.6. The molecule has 0 aliphatic carbocycles. The summed E-state index contributed by atoms with van der Waals surface area (Å²) >= 11 is 0. The van der Waals surface area contributed by atoms with Crippen LogP contribution in [0.25, 0.3) is 0 Å². The zero-order chi connectivity index (χ0) is 47.1. The van der Waals surface area contributed by atoms with E-state index in [1.807, 2.05) is 30.3 Å². The van der Waals surface area contributed by atoms with E-state index in [-0.39, 0.29) is 44.5 Å². The Kier molecular flexibility index (Phi) is 11.7. The Hall–Kier alpha value is -8.64. The van der Waals surface area contributed by atoms with Crippen LogP contribution < -0.4 is 0 Å². The number of aryl methyl sites for hydroxylation is 1. The van der Waals surface area contributed by atoms with Crippen LogP contribution in [0.15, 0.2) is 146 Å². The van der Waals surface area contributed by atoms with Crippen LogP contribution in [-0.4, -0.2) is 61.3 Å². The van der Waals surface area contributed by atoms with Crippen molar-refractivity contribution < 1.29 is 61.3 Å². The highest BCUT2D eigenvalue weighted by atomic mass is 16.3. The molecular formula is C54H46O12. The van der Waals surface area contributed by atoms with Crippen molar-refractivity contribution in [3.8, 4) is 69.0 Å². The molecule has 12 heteroatoms. The van der Waals surface area contributed by atoms with Gasteiger partial charge in [0, 0.05) is 62.6 Å². The van der Waals surface area contributed by atoms with E-state index in [0.717, 1.165) is 5.56 Å². The SMILES string of the molecule is Cc1cc(C(c2ccccc2)c2cc(C(c3ccccc3)c3cc(C(c4ccccc4)c4cc(C(C)c5ccccc5)c(O)c(O)c4O)c(O)c(O)c3O)c(O)c(O)c2O)c(O)c(O)c1O. The molecule has 0 heterocycles. The number of hydrogen-bond donors (Lipinski definition) is 12. The second-order valence-corrected chi connectivity index (χ2v) is 16.3. The molecule has 0 aromatic heterocycles. The molecule has 4 atom stereocenters. The third-order valence-corrected chi connectivity index (χ3v) is 12.4. The molecule has 8 aromatic carbocycles. The Balaban J connectivity index is 1.42. The maximum Gasteiger partial charge on any atom is 0.200 e. The standard InChI is InChI=1S/C54H46O12/c1-27-23-34(45(57)51(63)43(27)55)40(30-17-9-4-10-18-30)36-25-38(49(61)53(65)47(36)59)42(32-21-13-6-14-22-32)39-26-37(48(60)54(66)50(39)62)41(31-19-11-5-12-20-31)35-24-33(44(56)52(64)46(35)58)28(2)29-15-7-3-8-16-29/h3-26,28,40-42,55-66H,1-2H3. The lowest BCUT2D eigenvalue weighted by molar-refractivity contribution is 0.355. The summed E-state index contributed by atoms with van der Waals surface area (Å²) in [7, 11) is 0. The molecule has 0 aliphatic heterocycles. The van der Waals surface area contributed by atoms with Gasteiger partial charge in [0.15, 0.2) is 46.0 Å². The number of aromatic hydroxyl groups is 12. The molecule has 8 aromatic rings. The van der Waals surface area contributed by atoms with E-state index in [9.17, 15) is 61.3 Å². The highest BCUT2D eigenvalue weighted by Gasteiger charge is 2.36. The highest BCUT2D eigenvalue weighted by Crippen LogP contribution is 2.57. The molecule has 0 saturated carbocycles. The van der Waals surface area contributed by atoms with E-state index in [1.54, 1.807) is 97.9 Å². The van der Waals surface area contributed by atoms with Crippen LogP contribution in [0.2, 0.25) is 0 Å². The second-order valence-electron chi connectivity index (χ2n) is 16.3. The molecule has 0 fully saturated rings. The molecule has 66 heavy (non-hydrogen) atoms. The number of rotatable bonds is 11. The van der Waals surface area contributed by atoms with Crippen LogP contribution in [-0.2, 0) is 0 Å². The minimum absolute atomic E-state index is 0.00208. The first kappa shape index (κ1) is 44.0. The van der Waals surface area contributed by atoms with Crippen LogP contribution in [0.4, 0.5) is 0 Å². The number of phenols is 12. The van der Waals surface area contributed by atoms with Crippen molar-refractivity contribution >= 4 is 0 Å². The number of benzene rings is 8. The molecule has 0 amide bonds. The molecule has 0 bridgehead atoms. The van der Waals surface area contributed by atoms with Gasteiger partial charge in [-0.05, 0) is 59.0 Å². The Bertz CT molecular complexity index is 3090. The lowest BCUT2D eigenvalue weighted by Gasteiger charge is -2.28. The Morgan fingerprint density at radius 2 is 0.485 bits per heavy atom. The fraction of sp³-hybridized carbons (Fsp3) is 0.111. The van der Waals surface area contributed by atoms with Gasteiger partial charge in [0.2, 0.25) is 23.0 Å². The summed E-state index contributed by atoms with van der Waals surface area (Å²) in [6.45, 7) is 3.30. The van der Waals surface area contributed by atoms with E-state index in [0.29, 0.717) is 16.7 Å². The molecule has 0 saturated heterocycles. The predicted molar refractivity (Wildman–Crippen MR) is 247 cm³/mol. The molecule has 0 spiro atoms. The van der Waals surface area contributed by atoms with Gasteiger partial charge in [-0.15, -0.1) is 0 Å². The third kappa shape index (κ3) is 7.53. The molecule has 4 unspecified atom stereocenters. The second kappa shape index (κ2) is 17.5.